The van der Waals surface area contributed by atoms with Gasteiger partial charge in [0.1, 0.15) is 34.7 Å². The number of ether oxygens (including phenoxy) is 3. The standard InChI is InChI=1S/C33H48N6O6/c1-43-25-16-28(37-31(19-25)34-7-4-10-40)22-13-23(29-17-26(44-2)20-32(38-29)35-8-5-11-41)15-24(14-22)30-18-27(45-3)21-33(39-30)36-9-6-12-42/h16-24,40-42H,4-15H2,1-3H3,(H,34,37)(H,35,38)(H,36,39). The molecule has 1 aliphatic rings. The quantitative estimate of drug-likeness (QED) is 0.112. The number of hydrogen-bond donors (Lipinski definition) is 6. The highest BCUT2D eigenvalue weighted by molar-refractivity contribution is 5.47. The van der Waals surface area contributed by atoms with Crippen molar-refractivity contribution in [2.45, 2.75) is 56.3 Å². The summed E-state index contributed by atoms with van der Waals surface area (Å²) in [5.41, 5.74) is 2.76. The summed E-state index contributed by atoms with van der Waals surface area (Å²) in [5, 5.41) is 37.8. The third kappa shape index (κ3) is 9.81. The van der Waals surface area contributed by atoms with Gasteiger partial charge in [-0.15, -0.1) is 0 Å². The van der Waals surface area contributed by atoms with Crippen LogP contribution < -0.4 is 30.2 Å². The van der Waals surface area contributed by atoms with Crippen LogP contribution in [0.15, 0.2) is 36.4 Å². The molecule has 0 atom stereocenters. The number of aliphatic hydroxyl groups is 3. The number of nitrogens with one attached hydrogen (secondary N) is 3. The SMILES string of the molecule is COc1cc(NCCCO)nc(C2CC(c3cc(OC)cc(NCCCO)n3)CC(c3cc(OC)cc(NCCCO)n3)C2)c1. The predicted octanol–water partition coefficient (Wildman–Crippen LogP) is 4.12. The Balaban J connectivity index is 1.73. The van der Waals surface area contributed by atoms with Gasteiger partial charge in [-0.05, 0) is 38.5 Å². The summed E-state index contributed by atoms with van der Waals surface area (Å²) < 4.78 is 17.0. The molecule has 3 heterocycles. The van der Waals surface area contributed by atoms with Gasteiger partial charge >= 0.3 is 0 Å². The Morgan fingerprint density at radius 3 is 1.07 bits per heavy atom. The minimum Gasteiger partial charge on any atom is -0.497 e. The summed E-state index contributed by atoms with van der Waals surface area (Å²) in [6.07, 6.45) is 4.30. The van der Waals surface area contributed by atoms with E-state index in [0.717, 1.165) is 53.6 Å². The van der Waals surface area contributed by atoms with Gasteiger partial charge in [0.25, 0.3) is 0 Å². The normalized spacial score (nSPS) is 17.9. The average Bonchev–Trinajstić information content (AvgIpc) is 3.08. The molecule has 4 rings (SSSR count). The number of aromatic nitrogens is 3. The second-order valence-corrected chi connectivity index (χ2v) is 11.3. The predicted molar refractivity (Wildman–Crippen MR) is 175 cm³/mol. The van der Waals surface area contributed by atoms with Gasteiger partial charge in [-0.3, -0.25) is 0 Å². The van der Waals surface area contributed by atoms with Crippen molar-refractivity contribution in [3.63, 3.8) is 0 Å². The molecule has 3 aromatic rings. The lowest BCUT2D eigenvalue weighted by molar-refractivity contribution is 0.292. The number of methoxy groups -OCH3 is 3. The Labute approximate surface area is 265 Å². The minimum atomic E-state index is 0.0693. The van der Waals surface area contributed by atoms with E-state index < -0.39 is 0 Å². The van der Waals surface area contributed by atoms with Crippen LogP contribution in [0.3, 0.4) is 0 Å². The topological polar surface area (TPSA) is 163 Å². The van der Waals surface area contributed by atoms with Crippen LogP contribution in [0.4, 0.5) is 17.5 Å². The van der Waals surface area contributed by atoms with Gasteiger partial charge < -0.3 is 45.5 Å². The number of rotatable bonds is 18. The largest absolute Gasteiger partial charge is 0.497 e. The molecule has 0 radical (unpaired) electrons. The van der Waals surface area contributed by atoms with Crippen LogP contribution >= 0.6 is 0 Å². The summed E-state index contributed by atoms with van der Waals surface area (Å²) in [6.45, 7) is 2.11. The van der Waals surface area contributed by atoms with E-state index in [-0.39, 0.29) is 37.6 Å². The highest BCUT2D eigenvalue weighted by atomic mass is 16.5. The fourth-order valence-corrected chi connectivity index (χ4v) is 5.76. The summed E-state index contributed by atoms with van der Waals surface area (Å²) >= 11 is 0. The third-order valence-electron chi connectivity index (χ3n) is 8.05. The smallest absolute Gasteiger partial charge is 0.129 e. The number of hydrogen-bond acceptors (Lipinski definition) is 12. The molecular weight excluding hydrogens is 576 g/mol. The van der Waals surface area contributed by atoms with E-state index in [9.17, 15) is 15.3 Å². The molecular formula is C33H48N6O6. The molecule has 0 aromatic carbocycles. The highest BCUT2D eigenvalue weighted by Crippen LogP contribution is 2.48. The fourth-order valence-electron chi connectivity index (χ4n) is 5.76. The molecule has 45 heavy (non-hydrogen) atoms. The molecule has 3 aromatic heterocycles. The Hall–Kier alpha value is -3.87. The molecule has 0 amide bonds. The zero-order valence-corrected chi connectivity index (χ0v) is 26.6. The maximum Gasteiger partial charge on any atom is 0.129 e. The second-order valence-electron chi connectivity index (χ2n) is 11.3. The number of anilines is 3. The maximum atomic E-state index is 9.27. The van der Waals surface area contributed by atoms with E-state index in [1.54, 1.807) is 21.3 Å². The number of nitrogens with zero attached hydrogens (tertiary/aromatic N) is 3. The summed E-state index contributed by atoms with van der Waals surface area (Å²) in [5.74, 6) is 4.49. The first-order valence-corrected chi connectivity index (χ1v) is 15.7. The second kappa shape index (κ2) is 17.6. The number of aliphatic hydroxyl groups excluding tert-OH is 3. The molecule has 12 nitrogen and oxygen atoms in total. The van der Waals surface area contributed by atoms with Crippen LogP contribution in [-0.4, -0.2) is 91.1 Å². The van der Waals surface area contributed by atoms with Crippen molar-refractivity contribution in [2.24, 2.45) is 0 Å². The molecule has 1 fully saturated rings. The monoisotopic (exact) mass is 624 g/mol. The molecule has 0 saturated heterocycles. The molecule has 0 aliphatic heterocycles. The lowest BCUT2D eigenvalue weighted by atomic mass is 9.71. The Morgan fingerprint density at radius 2 is 0.822 bits per heavy atom. The van der Waals surface area contributed by atoms with Gasteiger partial charge in [-0.1, -0.05) is 0 Å². The van der Waals surface area contributed by atoms with E-state index in [0.29, 0.717) is 56.4 Å². The van der Waals surface area contributed by atoms with Gasteiger partial charge in [0.15, 0.2) is 0 Å². The first-order valence-electron chi connectivity index (χ1n) is 15.7. The van der Waals surface area contributed by atoms with Crippen molar-refractivity contribution in [1.29, 1.82) is 0 Å². The Kier molecular flexibility index (Phi) is 13.3. The summed E-state index contributed by atoms with van der Waals surface area (Å²) in [4.78, 5) is 15.0. The van der Waals surface area contributed by atoms with Crippen molar-refractivity contribution in [2.75, 3.05) is 76.7 Å². The highest BCUT2D eigenvalue weighted by Gasteiger charge is 2.35. The summed E-state index contributed by atoms with van der Waals surface area (Å²) in [6, 6.07) is 11.6. The molecule has 12 heteroatoms. The maximum absolute atomic E-state index is 9.27. The molecule has 6 N–H and O–H groups in total. The van der Waals surface area contributed by atoms with Crippen LogP contribution in [0.2, 0.25) is 0 Å². The van der Waals surface area contributed by atoms with Crippen molar-refractivity contribution in [1.82, 2.24) is 15.0 Å². The fraction of sp³-hybridized carbons (Fsp3) is 0.545. The molecule has 0 bridgehead atoms. The van der Waals surface area contributed by atoms with Gasteiger partial charge in [-0.2, -0.15) is 0 Å². The Bertz CT molecular complexity index is 1180. The third-order valence-corrected chi connectivity index (χ3v) is 8.05. The minimum absolute atomic E-state index is 0.0693. The van der Waals surface area contributed by atoms with E-state index in [2.05, 4.69) is 16.0 Å². The first-order chi connectivity index (χ1) is 22.0. The number of pyridine rings is 3. The van der Waals surface area contributed by atoms with Crippen molar-refractivity contribution in [3.8, 4) is 17.2 Å². The Morgan fingerprint density at radius 1 is 0.533 bits per heavy atom. The van der Waals surface area contributed by atoms with Crippen molar-refractivity contribution < 1.29 is 29.5 Å². The molecule has 0 spiro atoms. The van der Waals surface area contributed by atoms with Gasteiger partial charge in [0.05, 0.1) is 21.3 Å². The van der Waals surface area contributed by atoms with Crippen molar-refractivity contribution >= 4 is 17.5 Å². The van der Waals surface area contributed by atoms with Crippen LogP contribution in [-0.2, 0) is 0 Å². The zero-order valence-electron chi connectivity index (χ0n) is 26.6. The van der Waals surface area contributed by atoms with Crippen LogP contribution in [0.1, 0.15) is 73.4 Å². The average molecular weight is 625 g/mol. The van der Waals surface area contributed by atoms with Gasteiger partial charge in [0.2, 0.25) is 0 Å². The van der Waals surface area contributed by atoms with E-state index >= 15 is 0 Å². The van der Waals surface area contributed by atoms with Gasteiger partial charge in [0, 0.05) is 111 Å². The molecule has 1 saturated carbocycles. The lowest BCUT2D eigenvalue weighted by Gasteiger charge is -2.35. The van der Waals surface area contributed by atoms with Crippen LogP contribution in [0, 0.1) is 0 Å². The molecule has 0 unspecified atom stereocenters. The van der Waals surface area contributed by atoms with Gasteiger partial charge in [-0.25, -0.2) is 15.0 Å². The molecule has 246 valence electrons. The van der Waals surface area contributed by atoms with E-state index in [4.69, 9.17) is 29.2 Å². The lowest BCUT2D eigenvalue weighted by Crippen LogP contribution is -2.23. The zero-order chi connectivity index (χ0) is 32.0. The van der Waals surface area contributed by atoms with Crippen molar-refractivity contribution in [3.05, 3.63) is 53.5 Å². The summed E-state index contributed by atoms with van der Waals surface area (Å²) in [7, 11) is 4.96. The van der Waals surface area contributed by atoms with Crippen LogP contribution in [0.5, 0.6) is 17.2 Å². The van der Waals surface area contributed by atoms with Crippen LogP contribution in [0.25, 0.3) is 0 Å². The van der Waals surface area contributed by atoms with E-state index in [1.165, 1.54) is 0 Å². The first kappa shape index (κ1) is 34.0. The molecule has 1 aliphatic carbocycles. The van der Waals surface area contributed by atoms with E-state index in [1.807, 2.05) is 36.4 Å².